The Balaban J connectivity index is 2.18. The van der Waals surface area contributed by atoms with E-state index in [-0.39, 0.29) is 24.4 Å². The smallest absolute Gasteiger partial charge is 0.308 e. The van der Waals surface area contributed by atoms with Gasteiger partial charge >= 0.3 is 5.97 Å². The third-order valence-corrected chi connectivity index (χ3v) is 4.83. The summed E-state index contributed by atoms with van der Waals surface area (Å²) in [6.45, 7) is 7.43. The summed E-state index contributed by atoms with van der Waals surface area (Å²) < 4.78 is 0. The molecule has 2 amide bonds. The van der Waals surface area contributed by atoms with Crippen LogP contribution >= 0.6 is 0 Å². The fourth-order valence-corrected chi connectivity index (χ4v) is 3.41. The van der Waals surface area contributed by atoms with Crippen LogP contribution in [0.1, 0.15) is 39.2 Å². The number of anilines is 1. The number of aryl methyl sites for hydroxylation is 1. The number of carbonyl (C=O) groups is 3. The molecule has 1 aromatic carbocycles. The van der Waals surface area contributed by atoms with E-state index < -0.39 is 17.4 Å². The first-order chi connectivity index (χ1) is 12.6. The zero-order valence-electron chi connectivity index (χ0n) is 16.4. The van der Waals surface area contributed by atoms with E-state index >= 15 is 0 Å². The third-order valence-electron chi connectivity index (χ3n) is 4.83. The minimum Gasteiger partial charge on any atom is -0.481 e. The van der Waals surface area contributed by atoms with Gasteiger partial charge in [-0.2, -0.15) is 0 Å². The van der Waals surface area contributed by atoms with E-state index in [4.69, 9.17) is 0 Å². The molecule has 1 saturated heterocycles. The van der Waals surface area contributed by atoms with Crippen molar-refractivity contribution >= 4 is 23.5 Å². The minimum atomic E-state index is -0.916. The molecular weight excluding hydrogens is 346 g/mol. The van der Waals surface area contributed by atoms with Crippen LogP contribution in [0.2, 0.25) is 0 Å². The third kappa shape index (κ3) is 5.70. The van der Waals surface area contributed by atoms with E-state index in [1.54, 1.807) is 18.7 Å². The van der Waals surface area contributed by atoms with Crippen molar-refractivity contribution in [2.24, 2.45) is 5.92 Å². The molecule has 1 heterocycles. The molecule has 0 aliphatic carbocycles. The van der Waals surface area contributed by atoms with E-state index in [1.165, 1.54) is 6.92 Å². The van der Waals surface area contributed by atoms with Gasteiger partial charge in [-0.25, -0.2) is 0 Å². The summed E-state index contributed by atoms with van der Waals surface area (Å²) in [7, 11) is 0. The summed E-state index contributed by atoms with van der Waals surface area (Å²) in [6, 6.07) is 7.50. The Morgan fingerprint density at radius 3 is 2.30 bits per heavy atom. The monoisotopic (exact) mass is 375 g/mol. The number of nitrogens with zero attached hydrogens (tertiary/aromatic N) is 1. The summed E-state index contributed by atoms with van der Waals surface area (Å²) in [5.74, 6) is -1.92. The number of hydrogen-bond acceptors (Lipinski definition) is 4. The second kappa shape index (κ2) is 8.41. The fraction of sp³-hybridized carbons (Fsp3) is 0.550. The summed E-state index contributed by atoms with van der Waals surface area (Å²) in [6.07, 6.45) is 0.960. The molecule has 7 nitrogen and oxygen atoms in total. The van der Waals surface area contributed by atoms with E-state index in [9.17, 15) is 19.5 Å². The quantitative estimate of drug-likeness (QED) is 0.731. The van der Waals surface area contributed by atoms with Crippen LogP contribution in [0.3, 0.4) is 0 Å². The molecule has 0 saturated carbocycles. The van der Waals surface area contributed by atoms with Gasteiger partial charge < -0.3 is 20.6 Å². The lowest BCUT2D eigenvalue weighted by molar-refractivity contribution is -0.144. The van der Waals surface area contributed by atoms with Gasteiger partial charge in [-0.1, -0.05) is 17.7 Å². The number of benzene rings is 1. The first-order valence-electron chi connectivity index (χ1n) is 9.22. The van der Waals surface area contributed by atoms with E-state index in [0.29, 0.717) is 19.4 Å². The minimum absolute atomic E-state index is 0.142. The Morgan fingerprint density at radius 2 is 1.74 bits per heavy atom. The maximum atomic E-state index is 13.2. The molecular formula is C20H29N3O4. The normalized spacial score (nSPS) is 20.5. The predicted molar refractivity (Wildman–Crippen MR) is 103 cm³/mol. The van der Waals surface area contributed by atoms with Crippen molar-refractivity contribution in [3.05, 3.63) is 29.8 Å². The SMILES string of the molecule is CC(=O)N[C@@H]1CC[C@H](C(=O)O)CN(C(=O)C(C)(C)Nc2ccc(C)cc2)C1. The number of rotatable bonds is 5. The lowest BCUT2D eigenvalue weighted by atomic mass is 10.0. The number of aliphatic carboxylic acids is 1. The van der Waals surface area contributed by atoms with Crippen LogP contribution in [0.15, 0.2) is 24.3 Å². The Hall–Kier alpha value is -2.57. The molecule has 0 unspecified atom stereocenters. The highest BCUT2D eigenvalue weighted by atomic mass is 16.4. The van der Waals surface area contributed by atoms with Crippen LogP contribution < -0.4 is 10.6 Å². The molecule has 2 atom stereocenters. The number of carbonyl (C=O) groups excluding carboxylic acids is 2. The van der Waals surface area contributed by atoms with E-state index in [1.807, 2.05) is 31.2 Å². The van der Waals surface area contributed by atoms with Gasteiger partial charge in [0.05, 0.1) is 5.92 Å². The molecule has 0 spiro atoms. The van der Waals surface area contributed by atoms with Crippen molar-refractivity contribution in [3.8, 4) is 0 Å². The molecule has 148 valence electrons. The number of amides is 2. The van der Waals surface area contributed by atoms with Gasteiger partial charge in [0.15, 0.2) is 0 Å². The maximum absolute atomic E-state index is 13.2. The lowest BCUT2D eigenvalue weighted by Gasteiger charge is -2.34. The number of nitrogens with one attached hydrogen (secondary N) is 2. The Kier molecular flexibility index (Phi) is 6.46. The van der Waals surface area contributed by atoms with Crippen LogP contribution in [0, 0.1) is 12.8 Å². The summed E-state index contributed by atoms with van der Waals surface area (Å²) in [4.78, 5) is 37.7. The van der Waals surface area contributed by atoms with Crippen LogP contribution in [0.5, 0.6) is 0 Å². The van der Waals surface area contributed by atoms with E-state index in [0.717, 1.165) is 11.3 Å². The van der Waals surface area contributed by atoms with E-state index in [2.05, 4.69) is 10.6 Å². The maximum Gasteiger partial charge on any atom is 0.308 e. The van der Waals surface area contributed by atoms with Gasteiger partial charge in [0.1, 0.15) is 5.54 Å². The van der Waals surface area contributed by atoms with Gasteiger partial charge in [0.25, 0.3) is 0 Å². The van der Waals surface area contributed by atoms with Gasteiger partial charge in [-0.15, -0.1) is 0 Å². The molecule has 7 heteroatoms. The number of carboxylic acids is 1. The first-order valence-corrected chi connectivity index (χ1v) is 9.22. The number of carboxylic acid groups (broad SMARTS) is 1. The van der Waals surface area contributed by atoms with Crippen LogP contribution in [-0.4, -0.2) is 52.5 Å². The lowest BCUT2D eigenvalue weighted by Crippen LogP contribution is -2.54. The molecule has 2 rings (SSSR count). The molecule has 1 fully saturated rings. The molecule has 0 radical (unpaired) electrons. The molecule has 1 aliphatic rings. The zero-order chi connectivity index (χ0) is 20.2. The summed E-state index contributed by atoms with van der Waals surface area (Å²) in [5.41, 5.74) is 1.03. The van der Waals surface area contributed by atoms with Crippen molar-refractivity contribution in [1.29, 1.82) is 0 Å². The highest BCUT2D eigenvalue weighted by Crippen LogP contribution is 2.23. The molecule has 1 aromatic rings. The topological polar surface area (TPSA) is 98.7 Å². The summed E-state index contributed by atoms with van der Waals surface area (Å²) >= 11 is 0. The van der Waals surface area contributed by atoms with Crippen molar-refractivity contribution in [2.75, 3.05) is 18.4 Å². The molecule has 1 aliphatic heterocycles. The van der Waals surface area contributed by atoms with Crippen LogP contribution in [-0.2, 0) is 14.4 Å². The summed E-state index contributed by atoms with van der Waals surface area (Å²) in [5, 5.41) is 15.5. The average Bonchev–Trinajstić information content (AvgIpc) is 2.78. The molecule has 0 aromatic heterocycles. The number of likely N-dealkylation sites (tertiary alicyclic amines) is 1. The molecule has 3 N–H and O–H groups in total. The number of hydrogen-bond donors (Lipinski definition) is 3. The second-order valence-electron chi connectivity index (χ2n) is 7.84. The zero-order valence-corrected chi connectivity index (χ0v) is 16.4. The first kappa shape index (κ1) is 20.7. The fourth-order valence-electron chi connectivity index (χ4n) is 3.41. The second-order valence-corrected chi connectivity index (χ2v) is 7.84. The standard InChI is InChI=1S/C20H29N3O4/c1-13-5-8-16(9-6-13)22-20(3,4)19(27)23-11-15(18(25)26)7-10-17(12-23)21-14(2)24/h5-6,8-9,15,17,22H,7,10-12H2,1-4H3,(H,21,24)(H,25,26)/t15-,17+/m0/s1. The Labute approximate surface area is 160 Å². The Morgan fingerprint density at radius 1 is 1.11 bits per heavy atom. The van der Waals surface area contributed by atoms with Crippen molar-refractivity contribution in [2.45, 2.75) is 52.1 Å². The van der Waals surface area contributed by atoms with Crippen molar-refractivity contribution in [1.82, 2.24) is 10.2 Å². The van der Waals surface area contributed by atoms with Crippen LogP contribution in [0.25, 0.3) is 0 Å². The van der Waals surface area contributed by atoms with Crippen LogP contribution in [0.4, 0.5) is 5.69 Å². The molecule has 0 bridgehead atoms. The van der Waals surface area contributed by atoms with Gasteiger partial charge in [0.2, 0.25) is 11.8 Å². The Bertz CT molecular complexity index is 700. The largest absolute Gasteiger partial charge is 0.481 e. The highest BCUT2D eigenvalue weighted by Gasteiger charge is 2.37. The molecule has 27 heavy (non-hydrogen) atoms. The average molecular weight is 375 g/mol. The highest BCUT2D eigenvalue weighted by molar-refractivity contribution is 5.89. The van der Waals surface area contributed by atoms with Crippen molar-refractivity contribution < 1.29 is 19.5 Å². The van der Waals surface area contributed by atoms with Gasteiger partial charge in [0, 0.05) is 31.7 Å². The van der Waals surface area contributed by atoms with Gasteiger partial charge in [-0.3, -0.25) is 14.4 Å². The van der Waals surface area contributed by atoms with Crippen molar-refractivity contribution in [3.63, 3.8) is 0 Å². The van der Waals surface area contributed by atoms with Gasteiger partial charge in [-0.05, 0) is 45.7 Å². The predicted octanol–water partition coefficient (Wildman–Crippen LogP) is 2.01.